The highest BCUT2D eigenvalue weighted by Gasteiger charge is 2.18. The molecule has 0 fully saturated rings. The first-order chi connectivity index (χ1) is 12.7. The molecule has 0 aliphatic carbocycles. The molecule has 0 bridgehead atoms. The molecule has 0 atom stereocenters. The maximum atomic E-state index is 12.0. The quantitative estimate of drug-likeness (QED) is 0.364. The average molecular weight is 499 g/mol. The summed E-state index contributed by atoms with van der Waals surface area (Å²) in [6.07, 6.45) is 0. The van der Waals surface area contributed by atoms with Gasteiger partial charge in [-0.3, -0.25) is 14.9 Å². The van der Waals surface area contributed by atoms with Crippen molar-refractivity contribution in [3.8, 4) is 11.8 Å². The number of nitrogens with one attached hydrogen (secondary N) is 1. The third kappa shape index (κ3) is 5.02. The topological polar surface area (TPSA) is 143 Å². The van der Waals surface area contributed by atoms with Crippen molar-refractivity contribution in [2.45, 2.75) is 0 Å². The molecule has 27 heavy (non-hydrogen) atoms. The number of nitrogens with zero attached hydrogens (tertiary/aromatic N) is 2. The van der Waals surface area contributed by atoms with Crippen LogP contribution in [0, 0.1) is 21.4 Å². The lowest BCUT2D eigenvalue weighted by Gasteiger charge is -2.09. The largest absolute Gasteiger partial charge is 0.506 e. The summed E-state index contributed by atoms with van der Waals surface area (Å²) in [6.45, 7) is -0.690. The van der Waals surface area contributed by atoms with Crippen LogP contribution in [0.1, 0.15) is 15.9 Å². The number of non-ortho nitro benzene ring substituents is 1. The third-order valence-electron chi connectivity index (χ3n) is 3.19. The van der Waals surface area contributed by atoms with Crippen molar-refractivity contribution < 1.29 is 24.4 Å². The van der Waals surface area contributed by atoms with E-state index in [1.807, 2.05) is 0 Å². The number of carbonyl (C=O) groups is 2. The van der Waals surface area contributed by atoms with Gasteiger partial charge in [-0.2, -0.15) is 5.26 Å². The van der Waals surface area contributed by atoms with Gasteiger partial charge in [-0.15, -0.1) is 0 Å². The predicted molar refractivity (Wildman–Crippen MR) is 100 cm³/mol. The average Bonchev–Trinajstić information content (AvgIpc) is 2.62. The second kappa shape index (κ2) is 8.61. The number of ether oxygens (including phenoxy) is 1. The van der Waals surface area contributed by atoms with E-state index in [4.69, 9.17) is 10.00 Å². The fourth-order valence-corrected chi connectivity index (χ4v) is 3.19. The van der Waals surface area contributed by atoms with E-state index in [-0.39, 0.29) is 32.7 Å². The highest BCUT2D eigenvalue weighted by molar-refractivity contribution is 9.11. The van der Waals surface area contributed by atoms with Crippen LogP contribution in [0.2, 0.25) is 0 Å². The molecule has 2 rings (SSSR count). The lowest BCUT2D eigenvalue weighted by molar-refractivity contribution is -0.384. The Morgan fingerprint density at radius 3 is 2.63 bits per heavy atom. The zero-order valence-electron chi connectivity index (χ0n) is 13.2. The maximum absolute atomic E-state index is 12.0. The number of nitro groups is 1. The molecule has 2 aromatic rings. The number of rotatable bonds is 5. The van der Waals surface area contributed by atoms with Gasteiger partial charge in [0.1, 0.15) is 17.4 Å². The van der Waals surface area contributed by atoms with Crippen LogP contribution in [0.25, 0.3) is 0 Å². The van der Waals surface area contributed by atoms with Gasteiger partial charge in [-0.05, 0) is 34.1 Å². The van der Waals surface area contributed by atoms with E-state index in [1.165, 1.54) is 18.2 Å². The van der Waals surface area contributed by atoms with Gasteiger partial charge in [0, 0.05) is 16.6 Å². The molecule has 0 unspecified atom stereocenters. The molecule has 2 aromatic carbocycles. The third-order valence-corrected chi connectivity index (χ3v) is 4.25. The first-order valence-electron chi connectivity index (χ1n) is 7.06. The Kier molecular flexibility index (Phi) is 6.49. The number of hydrogen-bond acceptors (Lipinski definition) is 7. The molecule has 0 spiro atoms. The Morgan fingerprint density at radius 1 is 1.30 bits per heavy atom. The Bertz CT molecular complexity index is 987. The monoisotopic (exact) mass is 497 g/mol. The number of benzene rings is 2. The van der Waals surface area contributed by atoms with Crippen LogP contribution < -0.4 is 5.32 Å². The smallest absolute Gasteiger partial charge is 0.342 e. The van der Waals surface area contributed by atoms with Crippen molar-refractivity contribution in [2.75, 3.05) is 11.9 Å². The molecule has 1 amide bonds. The number of phenols is 1. The minimum atomic E-state index is -0.936. The van der Waals surface area contributed by atoms with Crippen LogP contribution in [0.15, 0.2) is 39.3 Å². The lowest BCUT2D eigenvalue weighted by Crippen LogP contribution is -2.21. The molecular weight excluding hydrogens is 490 g/mol. The van der Waals surface area contributed by atoms with E-state index in [1.54, 1.807) is 6.07 Å². The van der Waals surface area contributed by atoms with Crippen molar-refractivity contribution in [3.05, 3.63) is 60.5 Å². The van der Waals surface area contributed by atoms with Gasteiger partial charge in [0.2, 0.25) is 0 Å². The summed E-state index contributed by atoms with van der Waals surface area (Å²) in [6, 6.07) is 7.92. The van der Waals surface area contributed by atoms with Crippen LogP contribution in [-0.2, 0) is 9.53 Å². The normalized spacial score (nSPS) is 9.96. The molecule has 2 N–H and O–H groups in total. The Hall–Kier alpha value is -2.97. The number of anilines is 1. The number of carbonyl (C=O) groups excluding carboxylic acids is 2. The minimum Gasteiger partial charge on any atom is -0.506 e. The van der Waals surface area contributed by atoms with Crippen molar-refractivity contribution in [2.24, 2.45) is 0 Å². The van der Waals surface area contributed by atoms with E-state index < -0.39 is 23.4 Å². The second-order valence-corrected chi connectivity index (χ2v) is 6.78. The molecule has 0 saturated carbocycles. The SMILES string of the molecule is N#Cc1cc([N+](=O)[O-])ccc1NC(=O)COC(=O)c1cc(Br)cc(Br)c1O. The number of esters is 1. The van der Waals surface area contributed by atoms with Crippen LogP contribution >= 0.6 is 31.9 Å². The standard InChI is InChI=1S/C16H9Br2N3O6/c17-9-4-11(15(23)12(18)5-9)16(24)27-7-14(22)20-13-2-1-10(21(25)26)3-8(13)6-19/h1-5,23H,7H2,(H,20,22). The van der Waals surface area contributed by atoms with Gasteiger partial charge in [-0.25, -0.2) is 4.79 Å². The zero-order valence-corrected chi connectivity index (χ0v) is 16.4. The molecule has 0 aliphatic rings. The minimum absolute atomic E-state index is 0.0391. The summed E-state index contributed by atoms with van der Waals surface area (Å²) in [4.78, 5) is 34.0. The van der Waals surface area contributed by atoms with Gasteiger partial charge >= 0.3 is 5.97 Å². The van der Waals surface area contributed by atoms with Gasteiger partial charge < -0.3 is 15.2 Å². The molecule has 11 heteroatoms. The van der Waals surface area contributed by atoms with Crippen LogP contribution in [0.4, 0.5) is 11.4 Å². The van der Waals surface area contributed by atoms with Gasteiger partial charge in [0.25, 0.3) is 11.6 Å². The molecule has 0 saturated heterocycles. The Balaban J connectivity index is 2.06. The zero-order chi connectivity index (χ0) is 20.1. The van der Waals surface area contributed by atoms with Crippen molar-refractivity contribution in [3.63, 3.8) is 0 Å². The number of nitro benzene ring substituents is 1. The van der Waals surface area contributed by atoms with Crippen LogP contribution in [0.5, 0.6) is 5.75 Å². The van der Waals surface area contributed by atoms with Crippen molar-refractivity contribution in [1.29, 1.82) is 5.26 Å². The fraction of sp³-hybridized carbons (Fsp3) is 0.0625. The van der Waals surface area contributed by atoms with E-state index in [9.17, 15) is 24.8 Å². The highest BCUT2D eigenvalue weighted by atomic mass is 79.9. The van der Waals surface area contributed by atoms with E-state index in [2.05, 4.69) is 37.2 Å². The summed E-state index contributed by atoms with van der Waals surface area (Å²) < 4.78 is 5.61. The molecule has 0 aliphatic heterocycles. The van der Waals surface area contributed by atoms with Gasteiger partial charge in [-0.1, -0.05) is 15.9 Å². The van der Waals surface area contributed by atoms with E-state index >= 15 is 0 Å². The first-order valence-corrected chi connectivity index (χ1v) is 8.65. The summed E-state index contributed by atoms with van der Waals surface area (Å²) in [5.41, 5.74) is -0.529. The predicted octanol–water partition coefficient (Wildman–Crippen LogP) is 3.49. The molecular formula is C16H9Br2N3O6. The molecule has 9 nitrogen and oxygen atoms in total. The van der Waals surface area contributed by atoms with Gasteiger partial charge in [0.15, 0.2) is 6.61 Å². The number of nitriles is 1. The Morgan fingerprint density at radius 2 is 2.00 bits per heavy atom. The van der Waals surface area contributed by atoms with Crippen LogP contribution in [0.3, 0.4) is 0 Å². The van der Waals surface area contributed by atoms with E-state index in [0.29, 0.717) is 4.47 Å². The number of amides is 1. The fourth-order valence-electron chi connectivity index (χ4n) is 1.96. The highest BCUT2D eigenvalue weighted by Crippen LogP contribution is 2.32. The molecule has 138 valence electrons. The Labute approximate surface area is 169 Å². The summed E-state index contributed by atoms with van der Waals surface area (Å²) in [7, 11) is 0. The molecule has 0 radical (unpaired) electrons. The second-order valence-electron chi connectivity index (χ2n) is 5.01. The number of hydrogen-bond donors (Lipinski definition) is 2. The van der Waals surface area contributed by atoms with Crippen LogP contribution in [-0.4, -0.2) is 28.5 Å². The van der Waals surface area contributed by atoms with E-state index in [0.717, 1.165) is 12.1 Å². The van der Waals surface area contributed by atoms with Crippen molar-refractivity contribution in [1.82, 2.24) is 0 Å². The lowest BCUT2D eigenvalue weighted by atomic mass is 10.1. The summed E-state index contributed by atoms with van der Waals surface area (Å²) >= 11 is 6.24. The summed E-state index contributed by atoms with van der Waals surface area (Å²) in [5, 5.41) is 32.0. The summed E-state index contributed by atoms with van der Waals surface area (Å²) in [5.74, 6) is -2.04. The van der Waals surface area contributed by atoms with Crippen molar-refractivity contribution >= 4 is 55.1 Å². The number of phenolic OH excluding ortho intramolecular Hbond substituents is 1. The first kappa shape index (κ1) is 20.3. The molecule has 0 aromatic heterocycles. The van der Waals surface area contributed by atoms with Gasteiger partial charge in [0.05, 0.1) is 20.6 Å². The maximum Gasteiger partial charge on any atom is 0.342 e. The number of aromatic hydroxyl groups is 1. The molecule has 0 heterocycles. The number of halogens is 2.